The second-order valence-electron chi connectivity index (χ2n) is 6.11. The minimum Gasteiger partial charge on any atom is -0.497 e. The zero-order valence-corrected chi connectivity index (χ0v) is 19.7. The first kappa shape index (κ1) is 25.5. The Morgan fingerprint density at radius 3 is 2.52 bits per heavy atom. The molecular formula is C20H35IN4O2. The fourth-order valence-corrected chi connectivity index (χ4v) is 2.72. The van der Waals surface area contributed by atoms with Crippen LogP contribution in [0.15, 0.2) is 29.3 Å². The van der Waals surface area contributed by atoms with E-state index >= 15 is 0 Å². The van der Waals surface area contributed by atoms with E-state index in [0.29, 0.717) is 13.1 Å². The van der Waals surface area contributed by atoms with Crippen LogP contribution in [-0.4, -0.2) is 68.5 Å². The number of ether oxygens (including phenoxy) is 1. The molecule has 7 heteroatoms. The number of nitrogens with zero attached hydrogens (tertiary/aromatic N) is 3. The fraction of sp³-hybridized carbons (Fsp3) is 0.600. The molecular weight excluding hydrogens is 455 g/mol. The maximum absolute atomic E-state index is 12.3. The summed E-state index contributed by atoms with van der Waals surface area (Å²) in [6, 6.07) is 8.12. The topological polar surface area (TPSA) is 57.2 Å². The second-order valence-corrected chi connectivity index (χ2v) is 6.11. The molecule has 6 nitrogen and oxygen atoms in total. The van der Waals surface area contributed by atoms with Crippen LogP contribution in [0.1, 0.15) is 32.8 Å². The molecule has 0 fully saturated rings. The number of aliphatic imine (C=N–C) groups is 1. The van der Waals surface area contributed by atoms with Crippen LogP contribution in [0.25, 0.3) is 0 Å². The van der Waals surface area contributed by atoms with Gasteiger partial charge in [0, 0.05) is 33.2 Å². The Labute approximate surface area is 181 Å². The zero-order chi connectivity index (χ0) is 19.4. The SMILES string of the molecule is CCNC(=NCCCc1cccc(OC)c1)N(C)CC(=O)N(CC)CC.I. The maximum atomic E-state index is 12.3. The van der Waals surface area contributed by atoms with Gasteiger partial charge in [-0.15, -0.1) is 24.0 Å². The van der Waals surface area contributed by atoms with Crippen LogP contribution in [0, 0.1) is 0 Å². The van der Waals surface area contributed by atoms with Gasteiger partial charge in [0.2, 0.25) is 5.91 Å². The molecule has 1 rings (SSSR count). The monoisotopic (exact) mass is 490 g/mol. The van der Waals surface area contributed by atoms with E-state index in [1.165, 1.54) is 5.56 Å². The molecule has 1 aromatic carbocycles. The molecule has 0 radical (unpaired) electrons. The van der Waals surface area contributed by atoms with E-state index in [0.717, 1.165) is 44.2 Å². The number of hydrogen-bond acceptors (Lipinski definition) is 3. The number of rotatable bonds is 10. The van der Waals surface area contributed by atoms with Gasteiger partial charge in [-0.05, 0) is 51.3 Å². The lowest BCUT2D eigenvalue weighted by Gasteiger charge is -2.25. The highest BCUT2D eigenvalue weighted by atomic mass is 127. The largest absolute Gasteiger partial charge is 0.497 e. The number of aryl methyl sites for hydroxylation is 1. The number of methoxy groups -OCH3 is 1. The maximum Gasteiger partial charge on any atom is 0.242 e. The molecule has 0 atom stereocenters. The van der Waals surface area contributed by atoms with Crippen molar-refractivity contribution >= 4 is 35.8 Å². The van der Waals surface area contributed by atoms with Crippen LogP contribution in [0.3, 0.4) is 0 Å². The number of benzene rings is 1. The van der Waals surface area contributed by atoms with E-state index < -0.39 is 0 Å². The first-order valence-corrected chi connectivity index (χ1v) is 9.45. The first-order valence-electron chi connectivity index (χ1n) is 9.45. The van der Waals surface area contributed by atoms with Crippen molar-refractivity contribution in [2.45, 2.75) is 33.6 Å². The number of nitrogens with one attached hydrogen (secondary N) is 1. The molecule has 0 aliphatic heterocycles. The van der Waals surface area contributed by atoms with Crippen LogP contribution in [-0.2, 0) is 11.2 Å². The summed E-state index contributed by atoms with van der Waals surface area (Å²) in [5.74, 6) is 1.78. The molecule has 154 valence electrons. The summed E-state index contributed by atoms with van der Waals surface area (Å²) in [6.45, 7) is 9.32. The standard InChI is InChI=1S/C20H34N4O2.HI/c1-6-21-20(23(4)16-19(25)24(7-2)8-3)22-14-10-12-17-11-9-13-18(15-17)26-5;/h9,11,13,15H,6-8,10,12,14,16H2,1-5H3,(H,21,22);1H. The van der Waals surface area contributed by atoms with E-state index in [1.807, 2.05) is 49.8 Å². The van der Waals surface area contributed by atoms with Gasteiger partial charge in [0.1, 0.15) is 5.75 Å². The molecule has 1 aromatic rings. The molecule has 0 bridgehead atoms. The molecule has 27 heavy (non-hydrogen) atoms. The molecule has 0 saturated heterocycles. The lowest BCUT2D eigenvalue weighted by atomic mass is 10.1. The highest BCUT2D eigenvalue weighted by Crippen LogP contribution is 2.13. The predicted octanol–water partition coefficient (Wildman–Crippen LogP) is 3.01. The Morgan fingerprint density at radius 1 is 1.22 bits per heavy atom. The number of hydrogen-bond donors (Lipinski definition) is 1. The average molecular weight is 490 g/mol. The third-order valence-electron chi connectivity index (χ3n) is 4.20. The van der Waals surface area contributed by atoms with Crippen LogP contribution < -0.4 is 10.1 Å². The summed E-state index contributed by atoms with van der Waals surface area (Å²) in [6.07, 6.45) is 1.89. The van der Waals surface area contributed by atoms with Crippen molar-refractivity contribution in [3.05, 3.63) is 29.8 Å². The highest BCUT2D eigenvalue weighted by Gasteiger charge is 2.14. The van der Waals surface area contributed by atoms with Gasteiger partial charge in [-0.1, -0.05) is 12.1 Å². The zero-order valence-electron chi connectivity index (χ0n) is 17.3. The average Bonchev–Trinajstić information content (AvgIpc) is 2.65. The summed E-state index contributed by atoms with van der Waals surface area (Å²) in [7, 11) is 3.59. The number of halogens is 1. The van der Waals surface area contributed by atoms with Crippen LogP contribution in [0.5, 0.6) is 5.75 Å². The number of guanidine groups is 1. The van der Waals surface area contributed by atoms with E-state index in [1.54, 1.807) is 7.11 Å². The molecule has 1 N–H and O–H groups in total. The Hall–Kier alpha value is -1.51. The van der Waals surface area contributed by atoms with Crippen LogP contribution >= 0.6 is 24.0 Å². The molecule has 0 aliphatic carbocycles. The van der Waals surface area contributed by atoms with E-state index in [-0.39, 0.29) is 29.9 Å². The van der Waals surface area contributed by atoms with Gasteiger partial charge in [-0.3, -0.25) is 9.79 Å². The Morgan fingerprint density at radius 2 is 1.93 bits per heavy atom. The van der Waals surface area contributed by atoms with Gasteiger partial charge in [-0.2, -0.15) is 0 Å². The van der Waals surface area contributed by atoms with Crippen LogP contribution in [0.2, 0.25) is 0 Å². The number of amides is 1. The summed E-state index contributed by atoms with van der Waals surface area (Å²) in [5.41, 5.74) is 1.25. The minimum absolute atomic E-state index is 0. The molecule has 0 aliphatic rings. The van der Waals surface area contributed by atoms with Crippen molar-refractivity contribution in [1.82, 2.24) is 15.1 Å². The predicted molar refractivity (Wildman–Crippen MR) is 123 cm³/mol. The van der Waals surface area contributed by atoms with Gasteiger partial charge >= 0.3 is 0 Å². The Kier molecular flexibility index (Phi) is 13.7. The first-order chi connectivity index (χ1) is 12.5. The number of likely N-dealkylation sites (N-methyl/N-ethyl adjacent to an activating group) is 2. The number of carbonyl (C=O) groups excluding carboxylic acids is 1. The third kappa shape index (κ3) is 9.30. The summed E-state index contributed by atoms with van der Waals surface area (Å²) in [4.78, 5) is 20.7. The summed E-state index contributed by atoms with van der Waals surface area (Å²) >= 11 is 0. The Bertz CT molecular complexity index is 577. The second kappa shape index (κ2) is 14.5. The van der Waals surface area contributed by atoms with Crippen molar-refractivity contribution < 1.29 is 9.53 Å². The number of carbonyl (C=O) groups is 1. The highest BCUT2D eigenvalue weighted by molar-refractivity contribution is 14.0. The van der Waals surface area contributed by atoms with Gasteiger partial charge in [-0.25, -0.2) is 0 Å². The lowest BCUT2D eigenvalue weighted by Crippen LogP contribution is -2.45. The van der Waals surface area contributed by atoms with Crippen LogP contribution in [0.4, 0.5) is 0 Å². The van der Waals surface area contributed by atoms with Crippen molar-refractivity contribution in [1.29, 1.82) is 0 Å². The van der Waals surface area contributed by atoms with Crippen molar-refractivity contribution in [2.75, 3.05) is 46.9 Å². The smallest absolute Gasteiger partial charge is 0.242 e. The van der Waals surface area contributed by atoms with Gasteiger partial charge in [0.15, 0.2) is 5.96 Å². The molecule has 1 amide bonds. The van der Waals surface area contributed by atoms with Crippen molar-refractivity contribution in [3.8, 4) is 5.75 Å². The van der Waals surface area contributed by atoms with E-state index in [4.69, 9.17) is 4.74 Å². The van der Waals surface area contributed by atoms with E-state index in [2.05, 4.69) is 22.4 Å². The Balaban J connectivity index is 0.00000676. The quantitative estimate of drug-likeness (QED) is 0.237. The third-order valence-corrected chi connectivity index (χ3v) is 4.20. The molecule has 0 saturated carbocycles. The van der Waals surface area contributed by atoms with E-state index in [9.17, 15) is 4.79 Å². The van der Waals surface area contributed by atoms with Gasteiger partial charge in [0.25, 0.3) is 0 Å². The molecule has 0 spiro atoms. The molecule has 0 heterocycles. The lowest BCUT2D eigenvalue weighted by molar-refractivity contribution is -0.131. The molecule has 0 aromatic heterocycles. The normalized spacial score (nSPS) is 10.8. The minimum atomic E-state index is 0. The molecule has 0 unspecified atom stereocenters. The van der Waals surface area contributed by atoms with Gasteiger partial charge < -0.3 is 19.9 Å². The van der Waals surface area contributed by atoms with Crippen molar-refractivity contribution in [2.24, 2.45) is 4.99 Å². The van der Waals surface area contributed by atoms with Crippen molar-refractivity contribution in [3.63, 3.8) is 0 Å². The fourth-order valence-electron chi connectivity index (χ4n) is 2.72. The summed E-state index contributed by atoms with van der Waals surface area (Å²) < 4.78 is 5.26. The summed E-state index contributed by atoms with van der Waals surface area (Å²) in [5, 5.41) is 3.26. The van der Waals surface area contributed by atoms with Gasteiger partial charge in [0.05, 0.1) is 13.7 Å².